The van der Waals surface area contributed by atoms with E-state index >= 15 is 0 Å². The molecule has 0 bridgehead atoms. The van der Waals surface area contributed by atoms with Crippen LogP contribution in [0.5, 0.6) is 0 Å². The molecule has 0 saturated carbocycles. The maximum atomic E-state index is 5.65. The number of nitrogens with two attached hydrogens (primary N) is 1. The van der Waals surface area contributed by atoms with E-state index in [4.69, 9.17) is 5.84 Å². The minimum Gasteiger partial charge on any atom is -0.271 e. The van der Waals surface area contributed by atoms with E-state index in [1.165, 1.54) is 14.0 Å². The second kappa shape index (κ2) is 6.29. The Kier molecular flexibility index (Phi) is 4.98. The molecule has 17 heavy (non-hydrogen) atoms. The minimum absolute atomic E-state index is 0.161. The first-order chi connectivity index (χ1) is 8.20. The monoisotopic (exact) mass is 422 g/mol. The standard InChI is InChI=1S/C12H12BrIN2S/c13-10-4-2-1-3-8(10)5-11(16-15)9-6-12(14)17-7-9/h1-4,6-7,11,16H,5,15H2. The third-order valence-electron chi connectivity index (χ3n) is 2.57. The van der Waals surface area contributed by atoms with Gasteiger partial charge in [-0.2, -0.15) is 0 Å². The third kappa shape index (κ3) is 3.51. The molecule has 0 aliphatic heterocycles. The number of hydrogen-bond acceptors (Lipinski definition) is 3. The van der Waals surface area contributed by atoms with E-state index < -0.39 is 0 Å². The third-order valence-corrected chi connectivity index (χ3v) is 5.15. The Bertz CT molecular complexity index is 501. The lowest BCUT2D eigenvalue weighted by atomic mass is 10.0. The quantitative estimate of drug-likeness (QED) is 0.446. The highest BCUT2D eigenvalue weighted by molar-refractivity contribution is 14.1. The molecule has 3 N–H and O–H groups in total. The van der Waals surface area contributed by atoms with Crippen LogP contribution < -0.4 is 11.3 Å². The Hall–Kier alpha value is 0.0500. The molecule has 0 aliphatic carbocycles. The van der Waals surface area contributed by atoms with Gasteiger partial charge in [-0.05, 0) is 57.7 Å². The summed E-state index contributed by atoms with van der Waals surface area (Å²) in [7, 11) is 0. The highest BCUT2D eigenvalue weighted by atomic mass is 127. The van der Waals surface area contributed by atoms with E-state index in [2.05, 4.69) is 67.5 Å². The van der Waals surface area contributed by atoms with Gasteiger partial charge in [-0.1, -0.05) is 34.1 Å². The summed E-state index contributed by atoms with van der Waals surface area (Å²) in [4.78, 5) is 0. The number of halogens is 2. The summed E-state index contributed by atoms with van der Waals surface area (Å²) in [6, 6.07) is 10.6. The molecule has 0 aliphatic rings. The highest BCUT2D eigenvalue weighted by Gasteiger charge is 2.13. The normalized spacial score (nSPS) is 12.6. The SMILES string of the molecule is NNC(Cc1ccccc1Br)c1csc(I)c1. The van der Waals surface area contributed by atoms with Gasteiger partial charge < -0.3 is 0 Å². The van der Waals surface area contributed by atoms with Crippen molar-refractivity contribution in [3.05, 3.63) is 54.2 Å². The van der Waals surface area contributed by atoms with Gasteiger partial charge in [0.05, 0.1) is 8.93 Å². The van der Waals surface area contributed by atoms with Gasteiger partial charge >= 0.3 is 0 Å². The molecule has 0 radical (unpaired) electrons. The first kappa shape index (κ1) is 13.5. The largest absolute Gasteiger partial charge is 0.271 e. The minimum atomic E-state index is 0.161. The van der Waals surface area contributed by atoms with Crippen LogP contribution >= 0.6 is 49.9 Å². The maximum Gasteiger partial charge on any atom is 0.0656 e. The van der Waals surface area contributed by atoms with Crippen LogP contribution in [-0.2, 0) is 6.42 Å². The van der Waals surface area contributed by atoms with Gasteiger partial charge in [-0.25, -0.2) is 0 Å². The zero-order valence-electron chi connectivity index (χ0n) is 8.99. The van der Waals surface area contributed by atoms with Crippen LogP contribution in [0.4, 0.5) is 0 Å². The Balaban J connectivity index is 2.18. The van der Waals surface area contributed by atoms with Gasteiger partial charge in [-0.3, -0.25) is 11.3 Å². The molecule has 1 aromatic carbocycles. The van der Waals surface area contributed by atoms with Crippen molar-refractivity contribution in [2.24, 2.45) is 5.84 Å². The highest BCUT2D eigenvalue weighted by Crippen LogP contribution is 2.27. The van der Waals surface area contributed by atoms with Crippen molar-refractivity contribution in [2.75, 3.05) is 0 Å². The van der Waals surface area contributed by atoms with Crippen LogP contribution in [0.25, 0.3) is 0 Å². The van der Waals surface area contributed by atoms with Crippen LogP contribution in [0.2, 0.25) is 0 Å². The zero-order chi connectivity index (χ0) is 12.3. The summed E-state index contributed by atoms with van der Waals surface area (Å²) >= 11 is 7.64. The van der Waals surface area contributed by atoms with Gasteiger partial charge in [0.25, 0.3) is 0 Å². The lowest BCUT2D eigenvalue weighted by molar-refractivity contribution is 0.552. The van der Waals surface area contributed by atoms with Crippen molar-refractivity contribution < 1.29 is 0 Å². The number of rotatable bonds is 4. The van der Waals surface area contributed by atoms with Gasteiger partial charge in [0.2, 0.25) is 0 Å². The van der Waals surface area contributed by atoms with E-state index in [-0.39, 0.29) is 6.04 Å². The number of thiophene rings is 1. The molecule has 0 saturated heterocycles. The summed E-state index contributed by atoms with van der Waals surface area (Å²) in [5.74, 6) is 5.65. The summed E-state index contributed by atoms with van der Waals surface area (Å²) < 4.78 is 2.41. The number of hydrazine groups is 1. The van der Waals surface area contributed by atoms with Crippen molar-refractivity contribution >= 4 is 49.9 Å². The molecular formula is C12H12BrIN2S. The van der Waals surface area contributed by atoms with Crippen LogP contribution in [0.3, 0.4) is 0 Å². The molecular weight excluding hydrogens is 411 g/mol. The molecule has 0 spiro atoms. The predicted octanol–water partition coefficient (Wildman–Crippen LogP) is 3.86. The van der Waals surface area contributed by atoms with Gasteiger partial charge in [0.15, 0.2) is 0 Å². The van der Waals surface area contributed by atoms with Crippen molar-refractivity contribution in [1.29, 1.82) is 0 Å². The fraction of sp³-hybridized carbons (Fsp3) is 0.167. The van der Waals surface area contributed by atoms with Crippen molar-refractivity contribution in [3.63, 3.8) is 0 Å². The first-order valence-electron chi connectivity index (χ1n) is 5.14. The fourth-order valence-electron chi connectivity index (χ4n) is 1.66. The van der Waals surface area contributed by atoms with E-state index in [1.807, 2.05) is 12.1 Å². The van der Waals surface area contributed by atoms with Crippen LogP contribution in [0.15, 0.2) is 40.2 Å². The van der Waals surface area contributed by atoms with E-state index in [9.17, 15) is 0 Å². The Morgan fingerprint density at radius 1 is 1.41 bits per heavy atom. The Morgan fingerprint density at radius 2 is 2.18 bits per heavy atom. The Morgan fingerprint density at radius 3 is 2.76 bits per heavy atom. The van der Waals surface area contributed by atoms with Crippen LogP contribution in [0, 0.1) is 2.88 Å². The lowest BCUT2D eigenvalue weighted by Crippen LogP contribution is -2.29. The molecule has 1 unspecified atom stereocenters. The number of hydrogen-bond donors (Lipinski definition) is 2. The molecule has 5 heteroatoms. The van der Waals surface area contributed by atoms with Gasteiger partial charge in [-0.15, -0.1) is 11.3 Å². The van der Waals surface area contributed by atoms with Gasteiger partial charge in [0, 0.05) is 4.47 Å². The average Bonchev–Trinajstić information content (AvgIpc) is 2.75. The summed E-state index contributed by atoms with van der Waals surface area (Å²) in [5.41, 5.74) is 5.40. The molecule has 2 aromatic rings. The van der Waals surface area contributed by atoms with Crippen molar-refractivity contribution in [3.8, 4) is 0 Å². The molecule has 2 rings (SSSR count). The smallest absolute Gasteiger partial charge is 0.0656 e. The number of benzene rings is 1. The molecule has 1 heterocycles. The van der Waals surface area contributed by atoms with Crippen LogP contribution in [-0.4, -0.2) is 0 Å². The van der Waals surface area contributed by atoms with Crippen LogP contribution in [0.1, 0.15) is 17.2 Å². The summed E-state index contributed by atoms with van der Waals surface area (Å²) in [6.07, 6.45) is 0.880. The lowest BCUT2D eigenvalue weighted by Gasteiger charge is -2.15. The second-order valence-corrected chi connectivity index (χ2v) is 7.36. The van der Waals surface area contributed by atoms with Crippen molar-refractivity contribution in [1.82, 2.24) is 5.43 Å². The predicted molar refractivity (Wildman–Crippen MR) is 84.9 cm³/mol. The molecule has 0 amide bonds. The Labute approximate surface area is 127 Å². The van der Waals surface area contributed by atoms with E-state index in [1.54, 1.807) is 11.3 Å². The van der Waals surface area contributed by atoms with Gasteiger partial charge in [0.1, 0.15) is 0 Å². The van der Waals surface area contributed by atoms with Crippen molar-refractivity contribution in [2.45, 2.75) is 12.5 Å². The van der Waals surface area contributed by atoms with E-state index in [0.29, 0.717) is 0 Å². The summed E-state index contributed by atoms with van der Waals surface area (Å²) in [6.45, 7) is 0. The molecule has 1 atom stereocenters. The first-order valence-corrected chi connectivity index (χ1v) is 7.89. The van der Waals surface area contributed by atoms with E-state index in [0.717, 1.165) is 10.9 Å². The molecule has 0 fully saturated rings. The zero-order valence-corrected chi connectivity index (χ0v) is 13.6. The topological polar surface area (TPSA) is 38.0 Å². The summed E-state index contributed by atoms with van der Waals surface area (Å²) in [5, 5.41) is 2.16. The molecule has 90 valence electrons. The molecule has 1 aromatic heterocycles. The maximum absolute atomic E-state index is 5.65. The molecule has 2 nitrogen and oxygen atoms in total. The second-order valence-electron chi connectivity index (χ2n) is 3.70. The fourth-order valence-corrected chi connectivity index (χ4v) is 3.54. The number of nitrogens with one attached hydrogen (secondary N) is 1. The average molecular weight is 423 g/mol.